The average Bonchev–Trinajstić information content (AvgIpc) is 2.57. The third-order valence-corrected chi connectivity index (χ3v) is 2.97. The maximum absolute atomic E-state index is 12.1. The van der Waals surface area contributed by atoms with Crippen molar-refractivity contribution in [3.05, 3.63) is 47.0 Å². The van der Waals surface area contributed by atoms with Gasteiger partial charge >= 0.3 is 18.0 Å². The van der Waals surface area contributed by atoms with E-state index in [-0.39, 0.29) is 18.0 Å². The van der Waals surface area contributed by atoms with Crippen molar-refractivity contribution in [2.24, 2.45) is 0 Å². The van der Waals surface area contributed by atoms with Crippen LogP contribution in [0, 0.1) is 10.1 Å². The summed E-state index contributed by atoms with van der Waals surface area (Å²) < 4.78 is 15.0. The lowest BCUT2D eigenvalue weighted by Crippen LogP contribution is -2.45. The Morgan fingerprint density at radius 3 is 2.36 bits per heavy atom. The molecule has 0 aliphatic heterocycles. The van der Waals surface area contributed by atoms with E-state index in [1.807, 2.05) is 0 Å². The van der Waals surface area contributed by atoms with Crippen LogP contribution in [0.1, 0.15) is 27.2 Å². The molecule has 0 aromatic heterocycles. The predicted octanol–water partition coefficient (Wildman–Crippen LogP) is 2.51. The maximum atomic E-state index is 12.1. The van der Waals surface area contributed by atoms with Crippen LogP contribution in [0.4, 0.5) is 10.5 Å². The van der Waals surface area contributed by atoms with E-state index in [1.165, 1.54) is 18.2 Å². The third-order valence-electron chi connectivity index (χ3n) is 2.97. The molecular formula is C18H22N2O8. The van der Waals surface area contributed by atoms with Crippen LogP contribution in [0.15, 0.2) is 36.9 Å². The van der Waals surface area contributed by atoms with Crippen LogP contribution < -0.4 is 10.1 Å². The number of esters is 2. The number of non-ortho nitro benzene ring substituents is 1. The van der Waals surface area contributed by atoms with Gasteiger partial charge in [-0.1, -0.05) is 12.7 Å². The maximum Gasteiger partial charge on any atom is 0.408 e. The molecule has 1 aromatic carbocycles. The number of rotatable bonds is 8. The molecule has 1 aromatic rings. The fourth-order valence-corrected chi connectivity index (χ4v) is 1.86. The number of alkyl carbamates (subject to hydrolysis) is 1. The van der Waals surface area contributed by atoms with E-state index in [1.54, 1.807) is 20.8 Å². The Morgan fingerprint density at radius 1 is 1.25 bits per heavy atom. The summed E-state index contributed by atoms with van der Waals surface area (Å²) in [5.74, 6) is -1.68. The summed E-state index contributed by atoms with van der Waals surface area (Å²) in [6, 6.07) is 3.46. The first kappa shape index (κ1) is 22.6. The van der Waals surface area contributed by atoms with Crippen molar-refractivity contribution < 1.29 is 33.5 Å². The molecule has 1 unspecified atom stereocenters. The summed E-state index contributed by atoms with van der Waals surface area (Å²) in [7, 11) is 0. The smallest absolute Gasteiger partial charge is 0.408 e. The van der Waals surface area contributed by atoms with E-state index in [4.69, 9.17) is 14.2 Å². The molecule has 152 valence electrons. The summed E-state index contributed by atoms with van der Waals surface area (Å²) in [5, 5.41) is 12.9. The number of benzene rings is 1. The summed E-state index contributed by atoms with van der Waals surface area (Å²) >= 11 is 0. The van der Waals surface area contributed by atoms with Crippen LogP contribution in [0.5, 0.6) is 5.75 Å². The minimum Gasteiger partial charge on any atom is -0.460 e. The Morgan fingerprint density at radius 2 is 1.86 bits per heavy atom. The fraction of sp³-hybridized carbons (Fsp3) is 0.389. The molecule has 1 rings (SSSR count). The molecule has 0 heterocycles. The number of nitro groups is 1. The van der Waals surface area contributed by atoms with E-state index >= 15 is 0 Å². The van der Waals surface area contributed by atoms with Crippen molar-refractivity contribution in [3.63, 3.8) is 0 Å². The molecule has 10 heteroatoms. The molecule has 10 nitrogen and oxygen atoms in total. The standard InChI is InChI=1S/C18H22N2O8/c1-5-10-26-16(22)14(19-17(23)28-18(2,3)4)11-15(21)27-13-8-6-12(7-9-13)20(24)25/h5-9,14H,1,10-11H2,2-4H3,(H,19,23). The average molecular weight is 394 g/mol. The number of ether oxygens (including phenoxy) is 3. The van der Waals surface area contributed by atoms with E-state index in [0.29, 0.717) is 0 Å². The number of amides is 1. The van der Waals surface area contributed by atoms with Crippen LogP contribution in [0.3, 0.4) is 0 Å². The van der Waals surface area contributed by atoms with Gasteiger partial charge in [-0.15, -0.1) is 0 Å². The molecule has 1 amide bonds. The van der Waals surface area contributed by atoms with Crippen molar-refractivity contribution in [1.82, 2.24) is 5.32 Å². The molecule has 0 saturated carbocycles. The Labute approximate surface area is 161 Å². The zero-order chi connectivity index (χ0) is 21.3. The number of carbonyl (C=O) groups excluding carboxylic acids is 3. The molecule has 0 bridgehead atoms. The molecule has 1 atom stereocenters. The van der Waals surface area contributed by atoms with Gasteiger partial charge in [0.25, 0.3) is 5.69 Å². The lowest BCUT2D eigenvalue weighted by Gasteiger charge is -2.22. The zero-order valence-electron chi connectivity index (χ0n) is 15.8. The number of nitro benzene ring substituents is 1. The number of nitrogens with one attached hydrogen (secondary N) is 1. The molecule has 0 fully saturated rings. The highest BCUT2D eigenvalue weighted by Crippen LogP contribution is 2.18. The van der Waals surface area contributed by atoms with Gasteiger partial charge < -0.3 is 19.5 Å². The molecule has 28 heavy (non-hydrogen) atoms. The zero-order valence-corrected chi connectivity index (χ0v) is 15.8. The molecule has 0 saturated heterocycles. The van der Waals surface area contributed by atoms with Gasteiger partial charge in [-0.05, 0) is 32.9 Å². The lowest BCUT2D eigenvalue weighted by molar-refractivity contribution is -0.384. The summed E-state index contributed by atoms with van der Waals surface area (Å²) in [6.07, 6.45) is -0.111. The monoisotopic (exact) mass is 394 g/mol. The van der Waals surface area contributed by atoms with Crippen LogP contribution in [-0.2, 0) is 19.1 Å². The molecule has 0 radical (unpaired) electrons. The molecule has 0 aliphatic carbocycles. The highest BCUT2D eigenvalue weighted by molar-refractivity contribution is 5.87. The van der Waals surface area contributed by atoms with E-state index in [2.05, 4.69) is 11.9 Å². The van der Waals surface area contributed by atoms with Gasteiger partial charge in [0.05, 0.1) is 11.3 Å². The number of hydrogen-bond acceptors (Lipinski definition) is 8. The van der Waals surface area contributed by atoms with Crippen LogP contribution >= 0.6 is 0 Å². The SMILES string of the molecule is C=CCOC(=O)C(CC(=O)Oc1ccc([N+](=O)[O-])cc1)NC(=O)OC(C)(C)C. The van der Waals surface area contributed by atoms with Crippen molar-refractivity contribution in [1.29, 1.82) is 0 Å². The van der Waals surface area contributed by atoms with Gasteiger partial charge in [0.15, 0.2) is 0 Å². The summed E-state index contributed by atoms with van der Waals surface area (Å²) in [4.78, 5) is 46.1. The van der Waals surface area contributed by atoms with E-state index in [0.717, 1.165) is 12.1 Å². The topological polar surface area (TPSA) is 134 Å². The largest absolute Gasteiger partial charge is 0.460 e. The quantitative estimate of drug-likeness (QED) is 0.234. The number of carbonyl (C=O) groups is 3. The van der Waals surface area contributed by atoms with Gasteiger partial charge in [-0.2, -0.15) is 0 Å². The summed E-state index contributed by atoms with van der Waals surface area (Å²) in [5.41, 5.74) is -0.976. The molecule has 0 spiro atoms. The fourth-order valence-electron chi connectivity index (χ4n) is 1.86. The van der Waals surface area contributed by atoms with E-state index in [9.17, 15) is 24.5 Å². The first-order valence-corrected chi connectivity index (χ1v) is 8.24. The van der Waals surface area contributed by atoms with Crippen molar-refractivity contribution in [2.75, 3.05) is 6.61 Å². The molecule has 1 N–H and O–H groups in total. The van der Waals surface area contributed by atoms with Gasteiger partial charge in [0, 0.05) is 12.1 Å². The molecular weight excluding hydrogens is 372 g/mol. The minimum absolute atomic E-state index is 0.0473. The second-order valence-electron chi connectivity index (χ2n) is 6.55. The van der Waals surface area contributed by atoms with Crippen molar-refractivity contribution in [3.8, 4) is 5.75 Å². The van der Waals surface area contributed by atoms with Gasteiger partial charge in [-0.3, -0.25) is 14.9 Å². The Hall–Kier alpha value is -3.43. The number of hydrogen-bond donors (Lipinski definition) is 1. The van der Waals surface area contributed by atoms with Gasteiger partial charge in [0.1, 0.15) is 24.0 Å². The van der Waals surface area contributed by atoms with Gasteiger partial charge in [-0.25, -0.2) is 9.59 Å². The second-order valence-corrected chi connectivity index (χ2v) is 6.55. The third kappa shape index (κ3) is 8.30. The predicted molar refractivity (Wildman–Crippen MR) is 97.7 cm³/mol. The van der Waals surface area contributed by atoms with Crippen molar-refractivity contribution >= 4 is 23.7 Å². The highest BCUT2D eigenvalue weighted by Gasteiger charge is 2.28. The van der Waals surface area contributed by atoms with Crippen LogP contribution in [0.25, 0.3) is 0 Å². The van der Waals surface area contributed by atoms with Crippen LogP contribution in [0.2, 0.25) is 0 Å². The minimum atomic E-state index is -1.35. The Kier molecular flexibility index (Phi) is 8.11. The van der Waals surface area contributed by atoms with Gasteiger partial charge in [0.2, 0.25) is 0 Å². The molecule has 0 aliphatic rings. The van der Waals surface area contributed by atoms with Crippen LogP contribution in [-0.4, -0.2) is 41.2 Å². The van der Waals surface area contributed by atoms with Crippen molar-refractivity contribution in [2.45, 2.75) is 38.8 Å². The normalized spacial score (nSPS) is 11.7. The lowest BCUT2D eigenvalue weighted by atomic mass is 10.2. The highest BCUT2D eigenvalue weighted by atomic mass is 16.6. The first-order chi connectivity index (χ1) is 13.0. The van der Waals surface area contributed by atoms with E-state index < -0.39 is 41.0 Å². The first-order valence-electron chi connectivity index (χ1n) is 8.24. The second kappa shape index (κ2) is 10.0. The Bertz CT molecular complexity index is 737. The Balaban J connectivity index is 2.78. The summed E-state index contributed by atoms with van der Waals surface area (Å²) in [6.45, 7) is 8.22. The number of nitrogens with zero attached hydrogens (tertiary/aromatic N) is 1.